The maximum absolute atomic E-state index is 9.50. The van der Waals surface area contributed by atoms with Gasteiger partial charge in [-0.2, -0.15) is 4.94 Å². The summed E-state index contributed by atoms with van der Waals surface area (Å²) in [7, 11) is 0. The van der Waals surface area contributed by atoms with E-state index in [2.05, 4.69) is 4.94 Å². The molecule has 0 bridgehead atoms. The highest BCUT2D eigenvalue weighted by Gasteiger charge is 1.80. The molecular formula is H2N2O5S2-2. The Morgan fingerprint density at radius 1 is 1.11 bits per heavy atom. The molecule has 0 aliphatic heterocycles. The molecule has 0 aliphatic rings. The Kier molecular flexibility index (Phi) is 4.99. The molecule has 56 valence electrons. The average molecular weight is 174 g/mol. The van der Waals surface area contributed by atoms with E-state index in [1.165, 1.54) is 9.77 Å². The first-order chi connectivity index (χ1) is 4.13. The van der Waals surface area contributed by atoms with Gasteiger partial charge in [0.05, 0.1) is 0 Å². The minimum atomic E-state index is -2.64. The number of nitrogens with one attached hydrogen (secondary N) is 2. The summed E-state index contributed by atoms with van der Waals surface area (Å²) in [5.74, 6) is 0. The topological polar surface area (TPSA) is 114 Å². The van der Waals surface area contributed by atoms with Gasteiger partial charge in [-0.15, -0.1) is 9.77 Å². The highest BCUT2D eigenvalue weighted by atomic mass is 32.2. The summed E-state index contributed by atoms with van der Waals surface area (Å²) >= 11 is -5.28. The first-order valence-corrected chi connectivity index (χ1v) is 3.63. The van der Waals surface area contributed by atoms with Crippen molar-refractivity contribution in [1.82, 2.24) is 9.77 Å². The molecule has 2 atom stereocenters. The lowest BCUT2D eigenvalue weighted by molar-refractivity contribution is 0.0506. The molecule has 0 heterocycles. The zero-order valence-corrected chi connectivity index (χ0v) is 5.49. The van der Waals surface area contributed by atoms with Crippen LogP contribution in [0.5, 0.6) is 0 Å². The minimum Gasteiger partial charge on any atom is -0.758 e. The number of hydrogen-bond acceptors (Lipinski definition) is 5. The Morgan fingerprint density at radius 3 is 1.67 bits per heavy atom. The quantitative estimate of drug-likeness (QED) is 0.364. The molecule has 9 heavy (non-hydrogen) atoms. The van der Waals surface area contributed by atoms with Gasteiger partial charge in [-0.3, -0.25) is 8.42 Å². The zero-order valence-electron chi connectivity index (χ0n) is 3.86. The van der Waals surface area contributed by atoms with Crippen molar-refractivity contribution in [3.05, 3.63) is 0 Å². The maximum Gasteiger partial charge on any atom is 0.0444 e. The number of rotatable bonds is 4. The Hall–Kier alpha value is 0.1000. The number of hydrogen-bond donors (Lipinski definition) is 2. The van der Waals surface area contributed by atoms with Gasteiger partial charge in [0.1, 0.15) is 0 Å². The van der Waals surface area contributed by atoms with Crippen molar-refractivity contribution in [1.29, 1.82) is 0 Å². The average Bonchev–Trinajstić information content (AvgIpc) is 1.63. The third-order valence-electron chi connectivity index (χ3n) is 0.219. The van der Waals surface area contributed by atoms with Crippen LogP contribution in [0.1, 0.15) is 0 Å². The summed E-state index contributed by atoms with van der Waals surface area (Å²) in [6, 6.07) is 0. The maximum atomic E-state index is 9.50. The highest BCUT2D eigenvalue weighted by molar-refractivity contribution is 7.77. The van der Waals surface area contributed by atoms with Crippen LogP contribution in [0.3, 0.4) is 0 Å². The van der Waals surface area contributed by atoms with E-state index in [-0.39, 0.29) is 0 Å². The molecule has 9 heteroatoms. The van der Waals surface area contributed by atoms with Crippen LogP contribution in [0.2, 0.25) is 0 Å². The summed E-state index contributed by atoms with van der Waals surface area (Å²) in [4.78, 5) is 6.21. The van der Waals surface area contributed by atoms with Crippen molar-refractivity contribution in [2.75, 3.05) is 0 Å². The second kappa shape index (κ2) is 4.93. The fourth-order valence-corrected chi connectivity index (χ4v) is 0.357. The van der Waals surface area contributed by atoms with Gasteiger partial charge < -0.3 is 9.11 Å². The van der Waals surface area contributed by atoms with Crippen molar-refractivity contribution < 1.29 is 22.5 Å². The van der Waals surface area contributed by atoms with Gasteiger partial charge in [-0.1, -0.05) is 0 Å². The fourth-order valence-electron chi connectivity index (χ4n) is 0.0851. The summed E-state index contributed by atoms with van der Waals surface area (Å²) in [6.07, 6.45) is 0. The second-order valence-corrected chi connectivity index (χ2v) is 2.01. The van der Waals surface area contributed by atoms with Crippen molar-refractivity contribution in [3.8, 4) is 0 Å². The minimum absolute atomic E-state index is 1.29. The van der Waals surface area contributed by atoms with E-state index in [0.717, 1.165) is 0 Å². The van der Waals surface area contributed by atoms with Gasteiger partial charge in [0.15, 0.2) is 0 Å². The van der Waals surface area contributed by atoms with Crippen molar-refractivity contribution in [3.63, 3.8) is 0 Å². The molecule has 0 radical (unpaired) electrons. The molecule has 0 fully saturated rings. The van der Waals surface area contributed by atoms with Crippen LogP contribution in [0.15, 0.2) is 0 Å². The van der Waals surface area contributed by atoms with Gasteiger partial charge in [0, 0.05) is 22.5 Å². The monoisotopic (exact) mass is 174 g/mol. The molecule has 0 saturated carbocycles. The Labute approximate surface area is 55.5 Å². The standard InChI is InChI=1S/H4N2O5S2/c3-8(4)1-7-2-9(5)6/h1-2H,(H,3,4)(H,5,6)/p-2. The smallest absolute Gasteiger partial charge is 0.0444 e. The molecule has 0 aromatic carbocycles. The normalized spacial score (nSPS) is 17.1. The fraction of sp³-hybridized carbons (Fsp3) is 0. The van der Waals surface area contributed by atoms with E-state index in [4.69, 9.17) is 0 Å². The third-order valence-corrected chi connectivity index (χ3v) is 0.658. The van der Waals surface area contributed by atoms with Crippen molar-refractivity contribution in [2.45, 2.75) is 0 Å². The van der Waals surface area contributed by atoms with E-state index in [9.17, 15) is 17.5 Å². The molecule has 0 aliphatic carbocycles. The van der Waals surface area contributed by atoms with Gasteiger partial charge in [0.25, 0.3) is 0 Å². The van der Waals surface area contributed by atoms with Crippen LogP contribution in [-0.2, 0) is 27.5 Å². The lowest BCUT2D eigenvalue weighted by Gasteiger charge is -2.08. The third kappa shape index (κ3) is 8.10. The van der Waals surface area contributed by atoms with E-state index in [1.807, 2.05) is 0 Å². The predicted molar refractivity (Wildman–Crippen MR) is 25.2 cm³/mol. The first kappa shape index (κ1) is 9.10. The van der Waals surface area contributed by atoms with E-state index >= 15 is 0 Å². The van der Waals surface area contributed by atoms with Gasteiger partial charge in [-0.25, -0.2) is 0 Å². The van der Waals surface area contributed by atoms with Crippen LogP contribution >= 0.6 is 0 Å². The van der Waals surface area contributed by atoms with Crippen LogP contribution < -0.4 is 9.77 Å². The molecule has 0 rings (SSSR count). The van der Waals surface area contributed by atoms with Gasteiger partial charge in [-0.05, 0) is 0 Å². The lowest BCUT2D eigenvalue weighted by Crippen LogP contribution is -2.28. The summed E-state index contributed by atoms with van der Waals surface area (Å²) < 4.78 is 38.0. The summed E-state index contributed by atoms with van der Waals surface area (Å²) in [5.41, 5.74) is 0. The van der Waals surface area contributed by atoms with Crippen LogP contribution in [-0.4, -0.2) is 17.5 Å². The molecule has 7 nitrogen and oxygen atoms in total. The van der Waals surface area contributed by atoms with E-state index in [1.54, 1.807) is 0 Å². The zero-order chi connectivity index (χ0) is 7.28. The van der Waals surface area contributed by atoms with Crippen molar-refractivity contribution in [2.24, 2.45) is 0 Å². The van der Waals surface area contributed by atoms with Gasteiger partial charge >= 0.3 is 0 Å². The molecule has 0 amide bonds. The Morgan fingerprint density at radius 2 is 1.44 bits per heavy atom. The van der Waals surface area contributed by atoms with Crippen LogP contribution in [0.4, 0.5) is 0 Å². The van der Waals surface area contributed by atoms with Crippen molar-refractivity contribution >= 4 is 22.5 Å². The molecule has 2 N–H and O–H groups in total. The molecule has 0 saturated heterocycles. The first-order valence-electron chi connectivity index (χ1n) is 1.48. The van der Waals surface area contributed by atoms with Crippen LogP contribution in [0.25, 0.3) is 0 Å². The SMILES string of the molecule is O=S([O-])NONS(=O)[O-]. The summed E-state index contributed by atoms with van der Waals surface area (Å²) in [6.45, 7) is 0. The largest absolute Gasteiger partial charge is 0.758 e. The molecule has 0 spiro atoms. The van der Waals surface area contributed by atoms with Crippen LogP contribution in [0, 0.1) is 0 Å². The molecule has 0 aromatic heterocycles. The van der Waals surface area contributed by atoms with E-state index in [0.29, 0.717) is 0 Å². The highest BCUT2D eigenvalue weighted by Crippen LogP contribution is 1.63. The predicted octanol–water partition coefficient (Wildman–Crippen LogP) is -2.40. The summed E-state index contributed by atoms with van der Waals surface area (Å²) in [5, 5.41) is 0. The second-order valence-electron chi connectivity index (χ2n) is 0.738. The Bertz CT molecular complexity index is 108. The molecule has 2 unspecified atom stereocenters. The van der Waals surface area contributed by atoms with Gasteiger partial charge in [0.2, 0.25) is 0 Å². The lowest BCUT2D eigenvalue weighted by atomic mass is 13.2. The van der Waals surface area contributed by atoms with E-state index < -0.39 is 22.5 Å². The molecule has 0 aromatic rings. The molecular weight excluding hydrogens is 172 g/mol. The Balaban J connectivity index is 3.10.